The highest BCUT2D eigenvalue weighted by Gasteiger charge is 2.10. The SMILES string of the molecule is C#CCNc1nc(NCC#C)c(C#N)cc1C#N. The van der Waals surface area contributed by atoms with Gasteiger partial charge >= 0.3 is 0 Å². The molecule has 2 N–H and O–H groups in total. The maximum absolute atomic E-state index is 8.96. The molecule has 0 aliphatic rings. The highest BCUT2D eigenvalue weighted by molar-refractivity contribution is 5.64. The molecule has 86 valence electrons. The van der Waals surface area contributed by atoms with Crippen LogP contribution in [0, 0.1) is 47.3 Å². The molecule has 5 nitrogen and oxygen atoms in total. The van der Waals surface area contributed by atoms with E-state index in [1.807, 2.05) is 12.1 Å². The number of hydrogen-bond acceptors (Lipinski definition) is 5. The molecule has 18 heavy (non-hydrogen) atoms. The minimum atomic E-state index is 0.238. The lowest BCUT2D eigenvalue weighted by Gasteiger charge is -2.09. The molecule has 1 heterocycles. The van der Waals surface area contributed by atoms with Gasteiger partial charge in [0, 0.05) is 0 Å². The lowest BCUT2D eigenvalue weighted by atomic mass is 10.2. The second-order valence-electron chi connectivity index (χ2n) is 3.12. The van der Waals surface area contributed by atoms with Crippen molar-refractivity contribution < 1.29 is 0 Å². The average Bonchev–Trinajstić information content (AvgIpc) is 2.42. The van der Waals surface area contributed by atoms with Gasteiger partial charge in [0.2, 0.25) is 0 Å². The maximum Gasteiger partial charge on any atom is 0.147 e. The molecular formula is C13H9N5. The minimum absolute atomic E-state index is 0.238. The van der Waals surface area contributed by atoms with Crippen LogP contribution < -0.4 is 10.6 Å². The fraction of sp³-hybridized carbons (Fsp3) is 0.154. The number of nitriles is 2. The summed E-state index contributed by atoms with van der Waals surface area (Å²) in [7, 11) is 0. The maximum atomic E-state index is 8.96. The van der Waals surface area contributed by atoms with E-state index in [1.54, 1.807) is 0 Å². The van der Waals surface area contributed by atoms with Crippen molar-refractivity contribution in [2.24, 2.45) is 0 Å². The Morgan fingerprint density at radius 1 is 1.00 bits per heavy atom. The van der Waals surface area contributed by atoms with Crippen LogP contribution in [0.3, 0.4) is 0 Å². The van der Waals surface area contributed by atoms with Crippen LogP contribution in [-0.2, 0) is 0 Å². The number of anilines is 2. The zero-order valence-corrected chi connectivity index (χ0v) is 9.49. The van der Waals surface area contributed by atoms with Gasteiger partial charge in [-0.15, -0.1) is 12.8 Å². The molecule has 1 aromatic heterocycles. The molecule has 1 aromatic rings. The van der Waals surface area contributed by atoms with E-state index in [-0.39, 0.29) is 24.2 Å². The lowest BCUT2D eigenvalue weighted by Crippen LogP contribution is -2.09. The molecular weight excluding hydrogens is 226 g/mol. The fourth-order valence-corrected chi connectivity index (χ4v) is 1.22. The Labute approximate surface area is 105 Å². The Morgan fingerprint density at radius 3 is 1.78 bits per heavy atom. The van der Waals surface area contributed by atoms with E-state index in [0.717, 1.165) is 0 Å². The standard InChI is InChI=1S/C13H9N5/c1-3-5-16-12-10(8-14)7-11(9-15)13(18-12)17-6-4-2/h1-2,7H,5-6H2,(H2,16,17,18). The number of nitrogens with zero attached hydrogens (tertiary/aromatic N) is 3. The third-order valence-electron chi connectivity index (χ3n) is 1.98. The summed E-state index contributed by atoms with van der Waals surface area (Å²) >= 11 is 0. The predicted molar refractivity (Wildman–Crippen MR) is 68.3 cm³/mol. The number of pyridine rings is 1. The van der Waals surface area contributed by atoms with E-state index < -0.39 is 0 Å². The second-order valence-corrected chi connectivity index (χ2v) is 3.12. The van der Waals surface area contributed by atoms with Crippen LogP contribution in [0.4, 0.5) is 11.6 Å². The van der Waals surface area contributed by atoms with Gasteiger partial charge in [-0.1, -0.05) is 11.8 Å². The van der Waals surface area contributed by atoms with Crippen molar-refractivity contribution in [3.63, 3.8) is 0 Å². The molecule has 0 unspecified atom stereocenters. The van der Waals surface area contributed by atoms with E-state index in [0.29, 0.717) is 11.6 Å². The molecule has 0 spiro atoms. The lowest BCUT2D eigenvalue weighted by molar-refractivity contribution is 1.19. The van der Waals surface area contributed by atoms with Crippen molar-refractivity contribution in [1.82, 2.24) is 4.98 Å². The van der Waals surface area contributed by atoms with Gasteiger partial charge in [-0.25, -0.2) is 4.98 Å². The van der Waals surface area contributed by atoms with Gasteiger partial charge in [0.25, 0.3) is 0 Å². The van der Waals surface area contributed by atoms with Gasteiger partial charge in [0.1, 0.15) is 23.8 Å². The third kappa shape index (κ3) is 2.92. The van der Waals surface area contributed by atoms with Crippen LogP contribution in [0.5, 0.6) is 0 Å². The largest absolute Gasteiger partial charge is 0.358 e. The number of aromatic nitrogens is 1. The van der Waals surface area contributed by atoms with E-state index in [2.05, 4.69) is 27.5 Å². The summed E-state index contributed by atoms with van der Waals surface area (Å²) in [5.74, 6) is 5.42. The van der Waals surface area contributed by atoms with E-state index in [4.69, 9.17) is 23.4 Å². The van der Waals surface area contributed by atoms with Gasteiger partial charge in [-0.05, 0) is 6.07 Å². The molecule has 0 aliphatic heterocycles. The summed E-state index contributed by atoms with van der Waals surface area (Å²) in [6.45, 7) is 0.477. The summed E-state index contributed by atoms with van der Waals surface area (Å²) in [4.78, 5) is 4.13. The van der Waals surface area contributed by atoms with Crippen molar-refractivity contribution in [3.05, 3.63) is 17.2 Å². The second kappa shape index (κ2) is 6.44. The van der Waals surface area contributed by atoms with E-state index in [1.165, 1.54) is 6.07 Å². The first-order chi connectivity index (χ1) is 8.76. The normalized spacial score (nSPS) is 8.22. The molecule has 5 heteroatoms. The Hall–Kier alpha value is -3.15. The van der Waals surface area contributed by atoms with Gasteiger partial charge in [0.15, 0.2) is 0 Å². The van der Waals surface area contributed by atoms with Gasteiger partial charge in [0.05, 0.1) is 24.2 Å². The topological polar surface area (TPSA) is 84.5 Å². The molecule has 0 aliphatic carbocycles. The highest BCUT2D eigenvalue weighted by Crippen LogP contribution is 2.20. The quantitative estimate of drug-likeness (QED) is 0.758. The molecule has 0 bridgehead atoms. The van der Waals surface area contributed by atoms with Gasteiger partial charge in [-0.2, -0.15) is 10.5 Å². The van der Waals surface area contributed by atoms with Gasteiger partial charge < -0.3 is 10.6 Å². The van der Waals surface area contributed by atoms with Crippen LogP contribution in [0.15, 0.2) is 6.07 Å². The van der Waals surface area contributed by atoms with Crippen molar-refractivity contribution in [2.75, 3.05) is 23.7 Å². The van der Waals surface area contributed by atoms with Crippen molar-refractivity contribution in [1.29, 1.82) is 10.5 Å². The Bertz CT molecular complexity index is 553. The smallest absolute Gasteiger partial charge is 0.147 e. The van der Waals surface area contributed by atoms with Crippen LogP contribution >= 0.6 is 0 Å². The third-order valence-corrected chi connectivity index (χ3v) is 1.98. The molecule has 0 aromatic carbocycles. The number of terminal acetylenes is 2. The summed E-state index contributed by atoms with van der Waals surface area (Å²) in [5, 5.41) is 23.5. The first-order valence-electron chi connectivity index (χ1n) is 4.96. The first kappa shape index (κ1) is 12.9. The van der Waals surface area contributed by atoms with Crippen LogP contribution in [0.2, 0.25) is 0 Å². The highest BCUT2D eigenvalue weighted by atomic mass is 15.1. The van der Waals surface area contributed by atoms with Gasteiger partial charge in [-0.3, -0.25) is 0 Å². The number of rotatable bonds is 4. The molecule has 0 saturated carbocycles. The molecule has 0 amide bonds. The van der Waals surface area contributed by atoms with Crippen molar-refractivity contribution >= 4 is 11.6 Å². The molecule has 0 fully saturated rings. The number of nitrogens with one attached hydrogen (secondary N) is 2. The zero-order chi connectivity index (χ0) is 13.4. The molecule has 1 rings (SSSR count). The van der Waals surface area contributed by atoms with E-state index >= 15 is 0 Å². The van der Waals surface area contributed by atoms with E-state index in [9.17, 15) is 0 Å². The summed E-state index contributed by atoms with van der Waals surface area (Å²) in [5.41, 5.74) is 0.515. The molecule has 0 saturated heterocycles. The Morgan fingerprint density at radius 2 is 1.44 bits per heavy atom. The minimum Gasteiger partial charge on any atom is -0.358 e. The predicted octanol–water partition coefficient (Wildman–Crippen LogP) is 0.915. The zero-order valence-electron chi connectivity index (χ0n) is 9.49. The number of hydrogen-bond donors (Lipinski definition) is 2. The van der Waals surface area contributed by atoms with Crippen molar-refractivity contribution in [3.8, 4) is 36.8 Å². The monoisotopic (exact) mass is 235 g/mol. The average molecular weight is 235 g/mol. The van der Waals surface area contributed by atoms with Crippen LogP contribution in [0.1, 0.15) is 11.1 Å². The summed E-state index contributed by atoms with van der Waals surface area (Å²) < 4.78 is 0. The van der Waals surface area contributed by atoms with Crippen LogP contribution in [-0.4, -0.2) is 18.1 Å². The van der Waals surface area contributed by atoms with Crippen molar-refractivity contribution in [2.45, 2.75) is 0 Å². The molecule has 0 radical (unpaired) electrons. The molecule has 0 atom stereocenters. The fourth-order valence-electron chi connectivity index (χ4n) is 1.22. The Kier molecular flexibility index (Phi) is 4.62. The summed E-state index contributed by atoms with van der Waals surface area (Å²) in [6, 6.07) is 5.33. The van der Waals surface area contributed by atoms with Crippen LogP contribution in [0.25, 0.3) is 0 Å². The first-order valence-corrected chi connectivity index (χ1v) is 4.96. The Balaban J connectivity index is 3.19. The summed E-state index contributed by atoms with van der Waals surface area (Å²) in [6.07, 6.45) is 10.2.